The van der Waals surface area contributed by atoms with Crippen LogP contribution in [-0.2, 0) is 10.0 Å². The van der Waals surface area contributed by atoms with Gasteiger partial charge in [-0.1, -0.05) is 6.92 Å². The normalized spacial score (nSPS) is 11.6. The summed E-state index contributed by atoms with van der Waals surface area (Å²) in [4.78, 5) is 1.23. The molecule has 0 aromatic heterocycles. The van der Waals surface area contributed by atoms with Gasteiger partial charge in [-0.15, -0.1) is 11.8 Å². The van der Waals surface area contributed by atoms with Gasteiger partial charge in [0, 0.05) is 17.2 Å². The molecule has 1 aromatic carbocycles. The third-order valence-electron chi connectivity index (χ3n) is 2.04. The molecule has 0 aliphatic rings. The highest BCUT2D eigenvalue weighted by Crippen LogP contribution is 2.19. The van der Waals surface area contributed by atoms with E-state index in [1.54, 1.807) is 24.3 Å². The van der Waals surface area contributed by atoms with Crippen LogP contribution >= 0.6 is 11.8 Å². The van der Waals surface area contributed by atoms with Crippen molar-refractivity contribution < 1.29 is 13.5 Å². The van der Waals surface area contributed by atoms with Crippen molar-refractivity contribution in [1.29, 1.82) is 0 Å². The summed E-state index contributed by atoms with van der Waals surface area (Å²) in [6.45, 7) is 2.48. The van der Waals surface area contributed by atoms with Crippen molar-refractivity contribution in [3.05, 3.63) is 24.3 Å². The zero-order valence-corrected chi connectivity index (χ0v) is 11.4. The highest BCUT2D eigenvalue weighted by atomic mass is 32.2. The smallest absolute Gasteiger partial charge is 0.240 e. The van der Waals surface area contributed by atoms with Crippen LogP contribution in [0.15, 0.2) is 34.1 Å². The number of hydrogen-bond acceptors (Lipinski definition) is 4. The number of thioether (sulfide) groups is 1. The van der Waals surface area contributed by atoms with E-state index in [0.717, 1.165) is 11.3 Å². The SMILES string of the molecule is CCCNS(=O)(=O)c1ccc(SCCO)cc1. The molecule has 0 spiro atoms. The van der Waals surface area contributed by atoms with E-state index in [9.17, 15) is 8.42 Å². The summed E-state index contributed by atoms with van der Waals surface area (Å²) in [5.41, 5.74) is 0. The number of nitrogens with one attached hydrogen (secondary N) is 1. The summed E-state index contributed by atoms with van der Waals surface area (Å²) in [6, 6.07) is 6.66. The quantitative estimate of drug-likeness (QED) is 0.739. The third kappa shape index (κ3) is 4.67. The van der Waals surface area contributed by atoms with E-state index in [0.29, 0.717) is 12.3 Å². The van der Waals surface area contributed by atoms with E-state index < -0.39 is 10.0 Å². The molecule has 0 bridgehead atoms. The van der Waals surface area contributed by atoms with Gasteiger partial charge in [-0.2, -0.15) is 0 Å². The Bertz CT molecular complexity index is 429. The summed E-state index contributed by atoms with van der Waals surface area (Å²) in [7, 11) is -3.37. The molecule has 0 atom stereocenters. The molecular weight excluding hydrogens is 258 g/mol. The van der Waals surface area contributed by atoms with E-state index in [1.807, 2.05) is 6.92 Å². The maximum absolute atomic E-state index is 11.8. The van der Waals surface area contributed by atoms with E-state index in [2.05, 4.69) is 4.72 Å². The monoisotopic (exact) mass is 275 g/mol. The summed E-state index contributed by atoms with van der Waals surface area (Å²) < 4.78 is 26.0. The van der Waals surface area contributed by atoms with Crippen LogP contribution in [0, 0.1) is 0 Å². The van der Waals surface area contributed by atoms with E-state index in [4.69, 9.17) is 5.11 Å². The average molecular weight is 275 g/mol. The molecule has 2 N–H and O–H groups in total. The second-order valence-electron chi connectivity index (χ2n) is 3.44. The van der Waals surface area contributed by atoms with Gasteiger partial charge in [-0.25, -0.2) is 13.1 Å². The van der Waals surface area contributed by atoms with Crippen LogP contribution in [0.1, 0.15) is 13.3 Å². The van der Waals surface area contributed by atoms with Crippen molar-refractivity contribution in [1.82, 2.24) is 4.72 Å². The number of rotatable bonds is 7. The van der Waals surface area contributed by atoms with Gasteiger partial charge in [0.1, 0.15) is 0 Å². The molecule has 0 amide bonds. The minimum absolute atomic E-state index is 0.114. The molecule has 0 aliphatic heterocycles. The second-order valence-corrected chi connectivity index (χ2v) is 6.38. The Hall–Kier alpha value is -0.560. The topological polar surface area (TPSA) is 66.4 Å². The van der Waals surface area contributed by atoms with Gasteiger partial charge in [-0.05, 0) is 30.7 Å². The number of sulfonamides is 1. The van der Waals surface area contributed by atoms with Crippen LogP contribution in [0.5, 0.6) is 0 Å². The van der Waals surface area contributed by atoms with Gasteiger partial charge in [0.2, 0.25) is 10.0 Å². The molecule has 0 fully saturated rings. The predicted octanol–water partition coefficient (Wildman–Crippen LogP) is 1.46. The maximum Gasteiger partial charge on any atom is 0.240 e. The Morgan fingerprint density at radius 3 is 2.47 bits per heavy atom. The zero-order chi connectivity index (χ0) is 12.7. The molecule has 0 saturated heterocycles. The second kappa shape index (κ2) is 7.00. The Morgan fingerprint density at radius 2 is 1.94 bits per heavy atom. The largest absolute Gasteiger partial charge is 0.396 e. The highest BCUT2D eigenvalue weighted by molar-refractivity contribution is 7.99. The fourth-order valence-electron chi connectivity index (χ4n) is 1.20. The molecule has 1 aromatic rings. The van der Waals surface area contributed by atoms with Crippen LogP contribution in [-0.4, -0.2) is 32.4 Å². The van der Waals surface area contributed by atoms with Gasteiger partial charge in [0.25, 0.3) is 0 Å². The number of benzene rings is 1. The molecule has 0 aliphatic carbocycles. The van der Waals surface area contributed by atoms with Crippen LogP contribution in [0.4, 0.5) is 0 Å². The number of aliphatic hydroxyl groups excluding tert-OH is 1. The van der Waals surface area contributed by atoms with Crippen molar-refractivity contribution in [3.8, 4) is 0 Å². The first-order valence-electron chi connectivity index (χ1n) is 5.43. The molecular formula is C11H17NO3S2. The van der Waals surface area contributed by atoms with Crippen molar-refractivity contribution in [2.75, 3.05) is 18.9 Å². The first-order valence-corrected chi connectivity index (χ1v) is 7.90. The Labute approximate surface area is 106 Å². The molecule has 0 saturated carbocycles. The molecule has 6 heteroatoms. The maximum atomic E-state index is 11.8. The third-order valence-corrected chi connectivity index (χ3v) is 4.51. The molecule has 0 unspecified atom stereocenters. The fourth-order valence-corrected chi connectivity index (χ4v) is 2.99. The predicted molar refractivity (Wildman–Crippen MR) is 69.7 cm³/mol. The van der Waals surface area contributed by atoms with Crippen molar-refractivity contribution in [2.24, 2.45) is 0 Å². The average Bonchev–Trinajstić information content (AvgIpc) is 2.34. The Morgan fingerprint density at radius 1 is 1.29 bits per heavy atom. The fraction of sp³-hybridized carbons (Fsp3) is 0.455. The zero-order valence-electron chi connectivity index (χ0n) is 9.72. The number of hydrogen-bond donors (Lipinski definition) is 2. The van der Waals surface area contributed by atoms with Crippen LogP contribution in [0.25, 0.3) is 0 Å². The molecule has 1 rings (SSSR count). The Kier molecular flexibility index (Phi) is 5.97. The van der Waals surface area contributed by atoms with E-state index in [-0.39, 0.29) is 11.5 Å². The molecule has 4 nitrogen and oxygen atoms in total. The van der Waals surface area contributed by atoms with Crippen LogP contribution < -0.4 is 4.72 Å². The van der Waals surface area contributed by atoms with Gasteiger partial charge >= 0.3 is 0 Å². The Balaban J connectivity index is 2.73. The van der Waals surface area contributed by atoms with Gasteiger partial charge in [0.05, 0.1) is 11.5 Å². The van der Waals surface area contributed by atoms with Crippen molar-refractivity contribution in [2.45, 2.75) is 23.1 Å². The molecule has 17 heavy (non-hydrogen) atoms. The summed E-state index contributed by atoms with van der Waals surface area (Å²) in [5, 5.41) is 8.68. The summed E-state index contributed by atoms with van der Waals surface area (Å²) >= 11 is 1.49. The minimum Gasteiger partial charge on any atom is -0.396 e. The van der Waals surface area contributed by atoms with E-state index >= 15 is 0 Å². The molecule has 0 heterocycles. The lowest BCUT2D eigenvalue weighted by Crippen LogP contribution is -2.24. The lowest BCUT2D eigenvalue weighted by molar-refractivity contribution is 0.322. The van der Waals surface area contributed by atoms with Crippen molar-refractivity contribution in [3.63, 3.8) is 0 Å². The van der Waals surface area contributed by atoms with Gasteiger partial charge in [0.15, 0.2) is 0 Å². The lowest BCUT2D eigenvalue weighted by atomic mass is 10.4. The molecule has 96 valence electrons. The van der Waals surface area contributed by atoms with Crippen molar-refractivity contribution >= 4 is 21.8 Å². The summed E-state index contributed by atoms with van der Waals surface area (Å²) in [5.74, 6) is 0.611. The van der Waals surface area contributed by atoms with Gasteiger partial charge in [-0.3, -0.25) is 0 Å². The highest BCUT2D eigenvalue weighted by Gasteiger charge is 2.12. The van der Waals surface area contributed by atoms with Crippen LogP contribution in [0.2, 0.25) is 0 Å². The molecule has 0 radical (unpaired) electrons. The number of aliphatic hydroxyl groups is 1. The van der Waals surface area contributed by atoms with E-state index in [1.165, 1.54) is 11.8 Å². The lowest BCUT2D eigenvalue weighted by Gasteiger charge is -2.06. The first kappa shape index (κ1) is 14.5. The van der Waals surface area contributed by atoms with Crippen LogP contribution in [0.3, 0.4) is 0 Å². The van der Waals surface area contributed by atoms with Gasteiger partial charge < -0.3 is 5.11 Å². The minimum atomic E-state index is -3.37. The summed E-state index contributed by atoms with van der Waals surface area (Å²) in [6.07, 6.45) is 0.768. The standard InChI is InChI=1S/C11H17NO3S2/c1-2-7-12-17(14,15)11-5-3-10(4-6-11)16-9-8-13/h3-6,12-13H,2,7-9H2,1H3. The first-order chi connectivity index (χ1) is 8.10.